The van der Waals surface area contributed by atoms with Crippen molar-refractivity contribution in [3.63, 3.8) is 0 Å². The molecule has 1 aliphatic heterocycles. The van der Waals surface area contributed by atoms with Gasteiger partial charge in [-0.3, -0.25) is 14.5 Å². The number of fused-ring (bicyclic) bond motifs is 1. The van der Waals surface area contributed by atoms with Crippen molar-refractivity contribution in [1.29, 1.82) is 0 Å². The Hall–Kier alpha value is -3.36. The molecule has 2 aromatic carbocycles. The number of para-hydroxylation sites is 1. The van der Waals surface area contributed by atoms with E-state index in [-0.39, 0.29) is 35.4 Å². The molecule has 1 unspecified atom stereocenters. The quantitative estimate of drug-likeness (QED) is 0.376. The average molecular weight is 515 g/mol. The van der Waals surface area contributed by atoms with Gasteiger partial charge >= 0.3 is 0 Å². The van der Waals surface area contributed by atoms with Gasteiger partial charge in [0.1, 0.15) is 12.4 Å². The Labute approximate surface area is 218 Å². The summed E-state index contributed by atoms with van der Waals surface area (Å²) in [5.74, 6) is 0.752. The lowest BCUT2D eigenvalue weighted by Crippen LogP contribution is -2.43. The molecule has 3 heterocycles. The fourth-order valence-electron chi connectivity index (χ4n) is 4.63. The largest absolute Gasteiger partial charge is 0.352 e. The van der Waals surface area contributed by atoms with E-state index in [0.29, 0.717) is 5.82 Å². The second-order valence-electron chi connectivity index (χ2n) is 9.22. The van der Waals surface area contributed by atoms with Gasteiger partial charge < -0.3 is 5.32 Å². The van der Waals surface area contributed by atoms with Gasteiger partial charge in [-0.05, 0) is 53.8 Å². The van der Waals surface area contributed by atoms with Gasteiger partial charge in [-0.15, -0.1) is 11.8 Å². The summed E-state index contributed by atoms with van der Waals surface area (Å²) in [5.41, 5.74) is 5.87. The molecule has 2 amide bonds. The van der Waals surface area contributed by atoms with Crippen LogP contribution in [0.5, 0.6) is 0 Å². The first-order chi connectivity index (χ1) is 17.6. The fraction of sp³-hybridized carbons (Fsp3) is 0.250. The second kappa shape index (κ2) is 9.59. The first-order valence-corrected chi connectivity index (χ1v) is 14.1. The number of anilines is 1. The average Bonchev–Trinajstić information content (AvgIpc) is 3.41. The van der Waals surface area contributed by atoms with Crippen molar-refractivity contribution < 1.29 is 9.59 Å². The van der Waals surface area contributed by atoms with Crippen LogP contribution in [0.1, 0.15) is 34.8 Å². The third-order valence-electron chi connectivity index (χ3n) is 6.57. The summed E-state index contributed by atoms with van der Waals surface area (Å²) in [6.45, 7) is 2.02. The van der Waals surface area contributed by atoms with Crippen LogP contribution in [-0.2, 0) is 9.59 Å². The molecular formula is C28H26N4O2S2. The van der Waals surface area contributed by atoms with Gasteiger partial charge in [-0.1, -0.05) is 48.5 Å². The van der Waals surface area contributed by atoms with Gasteiger partial charge in [0.15, 0.2) is 0 Å². The molecule has 1 fully saturated rings. The van der Waals surface area contributed by atoms with Gasteiger partial charge in [0.2, 0.25) is 11.8 Å². The van der Waals surface area contributed by atoms with Crippen LogP contribution in [-0.4, -0.2) is 39.9 Å². The number of carbonyl (C=O) groups is 2. The molecule has 1 N–H and O–H groups in total. The maximum atomic E-state index is 13.6. The lowest BCUT2D eigenvalue weighted by atomic mass is 10.0. The molecule has 0 radical (unpaired) electrons. The third kappa shape index (κ3) is 4.35. The molecule has 36 heavy (non-hydrogen) atoms. The Balaban J connectivity index is 1.61. The van der Waals surface area contributed by atoms with E-state index in [4.69, 9.17) is 5.10 Å². The monoisotopic (exact) mass is 514 g/mol. The van der Waals surface area contributed by atoms with E-state index in [2.05, 4.69) is 34.3 Å². The number of carbonyl (C=O) groups excluding carboxylic acids is 2. The van der Waals surface area contributed by atoms with Crippen molar-refractivity contribution in [2.24, 2.45) is 0 Å². The summed E-state index contributed by atoms with van der Waals surface area (Å²) < 4.78 is 1.88. The molecule has 0 bridgehead atoms. The highest BCUT2D eigenvalue weighted by atomic mass is 32.2. The smallest absolute Gasteiger partial charge is 0.240 e. The molecule has 0 saturated heterocycles. The number of aromatic nitrogens is 2. The molecule has 2 aliphatic rings. The molecule has 1 aliphatic carbocycles. The summed E-state index contributed by atoms with van der Waals surface area (Å²) in [5, 5.41) is 12.3. The molecular weight excluding hydrogens is 488 g/mol. The van der Waals surface area contributed by atoms with E-state index < -0.39 is 0 Å². The number of hydrogen-bond donors (Lipinski definition) is 1. The summed E-state index contributed by atoms with van der Waals surface area (Å²) in [4.78, 5) is 28.3. The predicted octanol–water partition coefficient (Wildman–Crippen LogP) is 5.36. The second-order valence-corrected chi connectivity index (χ2v) is 11.1. The lowest BCUT2D eigenvalue weighted by molar-refractivity contribution is -0.123. The molecule has 182 valence electrons. The summed E-state index contributed by atoms with van der Waals surface area (Å²) in [7, 11) is 0. The first kappa shape index (κ1) is 23.1. The Bertz CT molecular complexity index is 1410. The zero-order valence-corrected chi connectivity index (χ0v) is 21.5. The minimum Gasteiger partial charge on any atom is -0.352 e. The molecule has 1 saturated carbocycles. The Morgan fingerprint density at radius 1 is 1.08 bits per heavy atom. The first-order valence-electron chi connectivity index (χ1n) is 12.1. The number of hydrogen-bond acceptors (Lipinski definition) is 5. The van der Waals surface area contributed by atoms with Gasteiger partial charge in [-0.2, -0.15) is 16.4 Å². The zero-order chi connectivity index (χ0) is 24.6. The van der Waals surface area contributed by atoms with Gasteiger partial charge in [0.05, 0.1) is 22.4 Å². The van der Waals surface area contributed by atoms with E-state index in [9.17, 15) is 9.59 Å². The summed E-state index contributed by atoms with van der Waals surface area (Å²) in [6.07, 6.45) is 2.00. The van der Waals surface area contributed by atoms with Crippen molar-refractivity contribution in [1.82, 2.24) is 15.1 Å². The Morgan fingerprint density at radius 3 is 2.58 bits per heavy atom. The molecule has 4 aromatic rings. The topological polar surface area (TPSA) is 67.2 Å². The Kier molecular flexibility index (Phi) is 6.15. The number of aryl methyl sites for hydroxylation is 1. The number of benzene rings is 2. The highest BCUT2D eigenvalue weighted by molar-refractivity contribution is 8.00. The van der Waals surface area contributed by atoms with Crippen LogP contribution in [0.3, 0.4) is 0 Å². The number of rotatable bonds is 6. The molecule has 8 heteroatoms. The minimum atomic E-state index is -0.130. The van der Waals surface area contributed by atoms with Crippen LogP contribution < -0.4 is 10.2 Å². The molecule has 6 nitrogen and oxygen atoms in total. The van der Waals surface area contributed by atoms with E-state index >= 15 is 0 Å². The van der Waals surface area contributed by atoms with E-state index in [1.165, 1.54) is 0 Å². The summed E-state index contributed by atoms with van der Waals surface area (Å²) in [6, 6.07) is 20.5. The fourth-order valence-corrected chi connectivity index (χ4v) is 6.59. The number of thiophene rings is 1. The number of nitrogens with zero attached hydrogens (tertiary/aromatic N) is 3. The summed E-state index contributed by atoms with van der Waals surface area (Å²) >= 11 is 3.25. The number of nitrogens with one attached hydrogen (secondary N) is 1. The van der Waals surface area contributed by atoms with E-state index in [1.807, 2.05) is 54.1 Å². The highest BCUT2D eigenvalue weighted by Gasteiger charge is 2.38. The normalized spacial score (nSPS) is 17.5. The van der Waals surface area contributed by atoms with Crippen LogP contribution in [0.2, 0.25) is 0 Å². The number of thioether (sulfide) groups is 1. The van der Waals surface area contributed by atoms with Gasteiger partial charge in [0.25, 0.3) is 0 Å². The minimum absolute atomic E-state index is 0.0228. The van der Waals surface area contributed by atoms with Crippen molar-refractivity contribution >= 4 is 40.7 Å². The SMILES string of the molecule is Cc1ccccc1-n1nc(-c2ccccc2)c2c1N(CC(=O)NC1CC1)C(=O)CSC2c1ccsc1. The van der Waals surface area contributed by atoms with Crippen LogP contribution in [0.4, 0.5) is 5.82 Å². The van der Waals surface area contributed by atoms with E-state index in [0.717, 1.165) is 46.5 Å². The maximum absolute atomic E-state index is 13.6. The van der Waals surface area contributed by atoms with Gasteiger partial charge in [-0.25, -0.2) is 4.68 Å². The standard InChI is InChI=1S/C28H26N4O2S2/c1-18-7-5-6-10-22(18)32-28-25(26(30-32)19-8-3-2-4-9-19)27(20-13-14-35-16-20)36-17-24(34)31(28)15-23(33)29-21-11-12-21/h2-10,13-14,16,21,27H,11-12,15,17H2,1H3,(H,29,33). The van der Waals surface area contributed by atoms with Crippen molar-refractivity contribution in [3.8, 4) is 16.9 Å². The van der Waals surface area contributed by atoms with Crippen molar-refractivity contribution in [2.75, 3.05) is 17.2 Å². The molecule has 0 spiro atoms. The van der Waals surface area contributed by atoms with Crippen LogP contribution in [0.15, 0.2) is 71.4 Å². The van der Waals surface area contributed by atoms with Crippen LogP contribution >= 0.6 is 23.1 Å². The zero-order valence-electron chi connectivity index (χ0n) is 19.9. The molecule has 2 aromatic heterocycles. The van der Waals surface area contributed by atoms with Crippen LogP contribution in [0.25, 0.3) is 16.9 Å². The van der Waals surface area contributed by atoms with Gasteiger partial charge in [0, 0.05) is 17.2 Å². The highest BCUT2D eigenvalue weighted by Crippen LogP contribution is 2.49. The van der Waals surface area contributed by atoms with E-state index in [1.54, 1.807) is 28.0 Å². The number of amides is 2. The lowest BCUT2D eigenvalue weighted by Gasteiger charge is -2.23. The Morgan fingerprint density at radius 2 is 1.86 bits per heavy atom. The predicted molar refractivity (Wildman–Crippen MR) is 146 cm³/mol. The van der Waals surface area contributed by atoms with Crippen molar-refractivity contribution in [3.05, 3.63) is 88.1 Å². The molecule has 1 atom stereocenters. The third-order valence-corrected chi connectivity index (χ3v) is 8.53. The van der Waals surface area contributed by atoms with Crippen molar-refractivity contribution in [2.45, 2.75) is 31.1 Å². The molecule has 6 rings (SSSR count). The van der Waals surface area contributed by atoms with Crippen LogP contribution in [0, 0.1) is 6.92 Å². The maximum Gasteiger partial charge on any atom is 0.240 e.